The monoisotopic (exact) mass is 259 g/mol. The standard InChI is InChI=1S/C15H21N3O/c1-2-12-13-9-17-18-14(13)7-8-15(12)19-11-5-3-10(16)4-6-11/h7-11H,2-6,16H2,1H3,(H,17,18)/t10-,11+. The second-order valence-corrected chi connectivity index (χ2v) is 5.38. The molecule has 3 rings (SSSR count). The predicted octanol–water partition coefficient (Wildman–Crippen LogP) is 2.77. The number of benzene rings is 1. The van der Waals surface area contributed by atoms with E-state index in [1.54, 1.807) is 0 Å². The first-order valence-electron chi connectivity index (χ1n) is 7.15. The van der Waals surface area contributed by atoms with Gasteiger partial charge in [-0.25, -0.2) is 0 Å². The fourth-order valence-electron chi connectivity index (χ4n) is 2.92. The van der Waals surface area contributed by atoms with Gasteiger partial charge in [0.2, 0.25) is 0 Å². The summed E-state index contributed by atoms with van der Waals surface area (Å²) in [5.74, 6) is 1.01. The van der Waals surface area contributed by atoms with Crippen LogP contribution in [0.25, 0.3) is 10.9 Å². The molecular formula is C15H21N3O. The highest BCUT2D eigenvalue weighted by molar-refractivity contribution is 5.84. The first-order valence-corrected chi connectivity index (χ1v) is 7.15. The fourth-order valence-corrected chi connectivity index (χ4v) is 2.92. The molecule has 0 spiro atoms. The van der Waals surface area contributed by atoms with Crippen LogP contribution < -0.4 is 10.5 Å². The lowest BCUT2D eigenvalue weighted by Gasteiger charge is -2.27. The van der Waals surface area contributed by atoms with Gasteiger partial charge in [0.1, 0.15) is 5.75 Å². The van der Waals surface area contributed by atoms with E-state index >= 15 is 0 Å². The number of nitrogens with zero attached hydrogens (tertiary/aromatic N) is 1. The molecule has 19 heavy (non-hydrogen) atoms. The van der Waals surface area contributed by atoms with E-state index in [1.807, 2.05) is 12.3 Å². The van der Waals surface area contributed by atoms with Crippen molar-refractivity contribution in [2.75, 3.05) is 0 Å². The number of hydrogen-bond donors (Lipinski definition) is 2. The molecule has 3 N–H and O–H groups in total. The number of rotatable bonds is 3. The molecular weight excluding hydrogens is 238 g/mol. The summed E-state index contributed by atoms with van der Waals surface area (Å²) >= 11 is 0. The number of aryl methyl sites for hydroxylation is 1. The number of aromatic nitrogens is 2. The minimum atomic E-state index is 0.314. The number of ether oxygens (including phenoxy) is 1. The topological polar surface area (TPSA) is 63.9 Å². The minimum Gasteiger partial charge on any atom is -0.490 e. The maximum atomic E-state index is 6.21. The SMILES string of the molecule is CCc1c(O[C@H]2CC[C@@H](N)CC2)ccc2[nH]ncc12. The largest absolute Gasteiger partial charge is 0.490 e. The fraction of sp³-hybridized carbons (Fsp3) is 0.533. The van der Waals surface area contributed by atoms with Crippen LogP contribution in [0.3, 0.4) is 0 Å². The van der Waals surface area contributed by atoms with Crippen molar-refractivity contribution in [1.82, 2.24) is 10.2 Å². The summed E-state index contributed by atoms with van der Waals surface area (Å²) in [6.07, 6.45) is 7.42. The Hall–Kier alpha value is -1.55. The molecule has 1 aliphatic rings. The highest BCUT2D eigenvalue weighted by Gasteiger charge is 2.21. The number of aromatic amines is 1. The molecule has 0 atom stereocenters. The molecule has 0 bridgehead atoms. The maximum absolute atomic E-state index is 6.21. The van der Waals surface area contributed by atoms with E-state index in [-0.39, 0.29) is 0 Å². The Kier molecular flexibility index (Phi) is 3.42. The zero-order valence-electron chi connectivity index (χ0n) is 11.4. The number of hydrogen-bond acceptors (Lipinski definition) is 3. The van der Waals surface area contributed by atoms with Gasteiger partial charge in [-0.2, -0.15) is 5.10 Å². The van der Waals surface area contributed by atoms with Gasteiger partial charge in [-0.15, -0.1) is 0 Å². The van der Waals surface area contributed by atoms with E-state index in [9.17, 15) is 0 Å². The molecule has 2 aromatic rings. The molecule has 0 radical (unpaired) electrons. The second-order valence-electron chi connectivity index (χ2n) is 5.38. The van der Waals surface area contributed by atoms with Gasteiger partial charge < -0.3 is 10.5 Å². The van der Waals surface area contributed by atoms with E-state index in [4.69, 9.17) is 10.5 Å². The Morgan fingerprint density at radius 1 is 1.32 bits per heavy atom. The van der Waals surface area contributed by atoms with Crippen LogP contribution in [-0.2, 0) is 6.42 Å². The first kappa shape index (κ1) is 12.5. The predicted molar refractivity (Wildman–Crippen MR) is 76.3 cm³/mol. The number of nitrogens with one attached hydrogen (secondary N) is 1. The van der Waals surface area contributed by atoms with E-state index in [0.29, 0.717) is 12.1 Å². The molecule has 102 valence electrons. The number of fused-ring (bicyclic) bond motifs is 1. The van der Waals surface area contributed by atoms with Crippen molar-refractivity contribution in [2.45, 2.75) is 51.2 Å². The summed E-state index contributed by atoms with van der Waals surface area (Å²) in [6, 6.07) is 4.47. The molecule has 1 aromatic heterocycles. The van der Waals surface area contributed by atoms with Gasteiger partial charge in [0.15, 0.2) is 0 Å². The minimum absolute atomic E-state index is 0.314. The van der Waals surface area contributed by atoms with Crippen molar-refractivity contribution in [3.05, 3.63) is 23.9 Å². The van der Waals surface area contributed by atoms with Gasteiger partial charge >= 0.3 is 0 Å². The average molecular weight is 259 g/mol. The molecule has 4 heteroatoms. The van der Waals surface area contributed by atoms with Crippen molar-refractivity contribution in [3.8, 4) is 5.75 Å². The second kappa shape index (κ2) is 5.21. The van der Waals surface area contributed by atoms with Gasteiger partial charge in [0.05, 0.1) is 17.8 Å². The van der Waals surface area contributed by atoms with Crippen molar-refractivity contribution in [3.63, 3.8) is 0 Å². The Morgan fingerprint density at radius 3 is 2.84 bits per heavy atom. The molecule has 4 nitrogen and oxygen atoms in total. The van der Waals surface area contributed by atoms with Crippen molar-refractivity contribution >= 4 is 10.9 Å². The zero-order valence-corrected chi connectivity index (χ0v) is 11.4. The van der Waals surface area contributed by atoms with Crippen LogP contribution in [0.1, 0.15) is 38.2 Å². The first-order chi connectivity index (χ1) is 9.28. The molecule has 1 fully saturated rings. The summed E-state index contributed by atoms with van der Waals surface area (Å²) in [5, 5.41) is 8.29. The van der Waals surface area contributed by atoms with E-state index in [0.717, 1.165) is 43.4 Å². The molecule has 0 unspecified atom stereocenters. The summed E-state index contributed by atoms with van der Waals surface area (Å²) < 4.78 is 6.21. The van der Waals surface area contributed by atoms with Gasteiger partial charge in [-0.3, -0.25) is 5.10 Å². The maximum Gasteiger partial charge on any atom is 0.123 e. The lowest BCUT2D eigenvalue weighted by Crippen LogP contribution is -2.31. The number of H-pyrrole nitrogens is 1. The summed E-state index contributed by atoms with van der Waals surface area (Å²) in [5.41, 5.74) is 8.27. The van der Waals surface area contributed by atoms with Crippen LogP contribution in [0.4, 0.5) is 0 Å². The van der Waals surface area contributed by atoms with E-state index in [2.05, 4.69) is 23.2 Å². The highest BCUT2D eigenvalue weighted by Crippen LogP contribution is 2.30. The molecule has 0 saturated heterocycles. The van der Waals surface area contributed by atoms with Crippen LogP contribution >= 0.6 is 0 Å². The van der Waals surface area contributed by atoms with Crippen molar-refractivity contribution in [1.29, 1.82) is 0 Å². The van der Waals surface area contributed by atoms with Crippen LogP contribution in [0.15, 0.2) is 18.3 Å². The molecule has 1 aliphatic carbocycles. The van der Waals surface area contributed by atoms with Crippen molar-refractivity contribution in [2.24, 2.45) is 5.73 Å². The Morgan fingerprint density at radius 2 is 2.11 bits per heavy atom. The lowest BCUT2D eigenvalue weighted by molar-refractivity contribution is 0.146. The number of nitrogens with two attached hydrogens (primary N) is 1. The smallest absolute Gasteiger partial charge is 0.123 e. The third kappa shape index (κ3) is 2.45. The normalized spacial score (nSPS) is 23.7. The molecule has 0 aliphatic heterocycles. The lowest BCUT2D eigenvalue weighted by atomic mass is 9.93. The molecule has 1 heterocycles. The third-order valence-electron chi connectivity index (χ3n) is 4.06. The highest BCUT2D eigenvalue weighted by atomic mass is 16.5. The van der Waals surface area contributed by atoms with Gasteiger partial charge in [0.25, 0.3) is 0 Å². The summed E-state index contributed by atoms with van der Waals surface area (Å²) in [4.78, 5) is 0. The average Bonchev–Trinajstić information content (AvgIpc) is 2.89. The van der Waals surface area contributed by atoms with Gasteiger partial charge in [-0.1, -0.05) is 6.92 Å². The van der Waals surface area contributed by atoms with Crippen molar-refractivity contribution < 1.29 is 4.74 Å². The van der Waals surface area contributed by atoms with Gasteiger partial charge in [0, 0.05) is 17.0 Å². The molecule has 0 amide bonds. The summed E-state index contributed by atoms with van der Waals surface area (Å²) in [7, 11) is 0. The molecule has 1 saturated carbocycles. The van der Waals surface area contributed by atoms with Crippen LogP contribution in [0.5, 0.6) is 5.75 Å². The van der Waals surface area contributed by atoms with E-state index < -0.39 is 0 Å². The Bertz CT molecular complexity index is 556. The third-order valence-corrected chi connectivity index (χ3v) is 4.06. The quantitative estimate of drug-likeness (QED) is 0.890. The van der Waals surface area contributed by atoms with E-state index in [1.165, 1.54) is 10.9 Å². The molecule has 1 aromatic carbocycles. The van der Waals surface area contributed by atoms with Crippen LogP contribution in [0, 0.1) is 0 Å². The van der Waals surface area contributed by atoms with Crippen LogP contribution in [-0.4, -0.2) is 22.3 Å². The van der Waals surface area contributed by atoms with Gasteiger partial charge in [-0.05, 0) is 44.2 Å². The summed E-state index contributed by atoms with van der Waals surface area (Å²) in [6.45, 7) is 2.16. The Labute approximate surface area is 113 Å². The zero-order chi connectivity index (χ0) is 13.2. The Balaban J connectivity index is 1.84. The van der Waals surface area contributed by atoms with Crippen LogP contribution in [0.2, 0.25) is 0 Å².